The number of ether oxygens (including phenoxy) is 1. The number of anilines is 1. The molecule has 0 saturated heterocycles. The fraction of sp³-hybridized carbons (Fsp3) is 0.0526. The molecule has 0 aliphatic heterocycles. The molecular formula is C19H16N2O3. The Labute approximate surface area is 139 Å². The molecule has 5 heteroatoms. The SMILES string of the molecule is NC(=O)COc1cccc(NC(=O)c2ccc3ccccc3c2)c1. The van der Waals surface area contributed by atoms with Gasteiger partial charge in [-0.15, -0.1) is 0 Å². The van der Waals surface area contributed by atoms with Gasteiger partial charge in [-0.05, 0) is 35.0 Å². The molecule has 3 N–H and O–H groups in total. The first-order valence-corrected chi connectivity index (χ1v) is 7.43. The summed E-state index contributed by atoms with van der Waals surface area (Å²) < 4.78 is 5.23. The van der Waals surface area contributed by atoms with Crippen molar-refractivity contribution in [2.24, 2.45) is 5.73 Å². The molecule has 0 aliphatic carbocycles. The molecule has 0 atom stereocenters. The van der Waals surface area contributed by atoms with Crippen LogP contribution in [0.25, 0.3) is 10.8 Å². The first-order valence-electron chi connectivity index (χ1n) is 7.43. The van der Waals surface area contributed by atoms with E-state index in [4.69, 9.17) is 10.5 Å². The third kappa shape index (κ3) is 3.70. The Morgan fingerprint density at radius 2 is 1.71 bits per heavy atom. The summed E-state index contributed by atoms with van der Waals surface area (Å²) in [4.78, 5) is 23.2. The number of hydrogen-bond acceptors (Lipinski definition) is 3. The quantitative estimate of drug-likeness (QED) is 0.758. The molecule has 0 heterocycles. The largest absolute Gasteiger partial charge is 0.484 e. The molecule has 3 aromatic carbocycles. The van der Waals surface area contributed by atoms with Crippen LogP contribution in [-0.2, 0) is 4.79 Å². The summed E-state index contributed by atoms with van der Waals surface area (Å²) in [5, 5.41) is 4.90. The van der Waals surface area contributed by atoms with Crippen molar-refractivity contribution in [3.63, 3.8) is 0 Å². The lowest BCUT2D eigenvalue weighted by Gasteiger charge is -2.09. The molecule has 0 aromatic heterocycles. The smallest absolute Gasteiger partial charge is 0.255 e. The molecule has 0 spiro atoms. The van der Waals surface area contributed by atoms with Crippen LogP contribution in [0.3, 0.4) is 0 Å². The highest BCUT2D eigenvalue weighted by molar-refractivity contribution is 6.06. The van der Waals surface area contributed by atoms with Gasteiger partial charge < -0.3 is 15.8 Å². The minimum absolute atomic E-state index is 0.206. The molecule has 0 unspecified atom stereocenters. The standard InChI is InChI=1S/C19H16N2O3/c20-18(22)12-24-17-7-3-6-16(11-17)21-19(23)15-9-8-13-4-1-2-5-14(13)10-15/h1-11H,12H2,(H2,20,22)(H,21,23). The predicted octanol–water partition coefficient (Wildman–Crippen LogP) is 2.96. The number of amides is 2. The summed E-state index contributed by atoms with van der Waals surface area (Å²) in [6.07, 6.45) is 0. The lowest BCUT2D eigenvalue weighted by Crippen LogP contribution is -2.20. The summed E-state index contributed by atoms with van der Waals surface area (Å²) in [6, 6.07) is 20.2. The zero-order valence-corrected chi connectivity index (χ0v) is 12.9. The Morgan fingerprint density at radius 1 is 0.917 bits per heavy atom. The van der Waals surface area contributed by atoms with Crippen LogP contribution in [0.2, 0.25) is 0 Å². The minimum atomic E-state index is -0.555. The maximum atomic E-state index is 12.4. The van der Waals surface area contributed by atoms with E-state index in [1.54, 1.807) is 30.3 Å². The van der Waals surface area contributed by atoms with E-state index < -0.39 is 5.91 Å². The fourth-order valence-electron chi connectivity index (χ4n) is 2.35. The van der Waals surface area contributed by atoms with E-state index in [2.05, 4.69) is 5.32 Å². The molecule has 2 amide bonds. The van der Waals surface area contributed by atoms with Gasteiger partial charge in [0, 0.05) is 17.3 Å². The maximum Gasteiger partial charge on any atom is 0.255 e. The number of hydrogen-bond donors (Lipinski definition) is 2. The van der Waals surface area contributed by atoms with Crippen LogP contribution in [0.1, 0.15) is 10.4 Å². The second-order valence-corrected chi connectivity index (χ2v) is 5.30. The van der Waals surface area contributed by atoms with Crippen LogP contribution in [0.5, 0.6) is 5.75 Å². The van der Waals surface area contributed by atoms with Crippen molar-refractivity contribution >= 4 is 28.3 Å². The molecule has 0 radical (unpaired) electrons. The second-order valence-electron chi connectivity index (χ2n) is 5.30. The lowest BCUT2D eigenvalue weighted by molar-refractivity contribution is -0.119. The van der Waals surface area contributed by atoms with E-state index in [1.807, 2.05) is 36.4 Å². The summed E-state index contributed by atoms with van der Waals surface area (Å²) >= 11 is 0. The van der Waals surface area contributed by atoms with Crippen LogP contribution >= 0.6 is 0 Å². The van der Waals surface area contributed by atoms with Crippen molar-refractivity contribution in [2.45, 2.75) is 0 Å². The van der Waals surface area contributed by atoms with E-state index >= 15 is 0 Å². The van der Waals surface area contributed by atoms with Gasteiger partial charge in [0.1, 0.15) is 5.75 Å². The van der Waals surface area contributed by atoms with Gasteiger partial charge in [0.05, 0.1) is 0 Å². The van der Waals surface area contributed by atoms with Crippen LogP contribution in [0.4, 0.5) is 5.69 Å². The van der Waals surface area contributed by atoms with Crippen molar-refractivity contribution in [2.75, 3.05) is 11.9 Å². The number of primary amides is 1. The number of nitrogens with two attached hydrogens (primary N) is 1. The highest BCUT2D eigenvalue weighted by atomic mass is 16.5. The third-order valence-electron chi connectivity index (χ3n) is 3.48. The van der Waals surface area contributed by atoms with Gasteiger partial charge in [0.2, 0.25) is 0 Å². The van der Waals surface area contributed by atoms with Crippen molar-refractivity contribution in [1.82, 2.24) is 0 Å². The highest BCUT2D eigenvalue weighted by Crippen LogP contribution is 2.20. The van der Waals surface area contributed by atoms with E-state index in [1.165, 1.54) is 0 Å². The molecule has 0 bridgehead atoms. The van der Waals surface area contributed by atoms with Crippen molar-refractivity contribution in [3.8, 4) is 5.75 Å². The monoisotopic (exact) mass is 320 g/mol. The summed E-state index contributed by atoms with van der Waals surface area (Å²) in [5.74, 6) is -0.307. The normalized spacial score (nSPS) is 10.3. The molecule has 3 rings (SSSR count). The van der Waals surface area contributed by atoms with E-state index in [9.17, 15) is 9.59 Å². The molecule has 120 valence electrons. The molecule has 0 aliphatic rings. The molecule has 24 heavy (non-hydrogen) atoms. The number of carbonyl (C=O) groups is 2. The Kier molecular flexibility index (Phi) is 4.43. The van der Waals surface area contributed by atoms with Crippen LogP contribution in [0.15, 0.2) is 66.7 Å². The van der Waals surface area contributed by atoms with Gasteiger partial charge in [-0.2, -0.15) is 0 Å². The topological polar surface area (TPSA) is 81.4 Å². The first kappa shape index (κ1) is 15.6. The van der Waals surface area contributed by atoms with Crippen molar-refractivity contribution in [1.29, 1.82) is 0 Å². The highest BCUT2D eigenvalue weighted by Gasteiger charge is 2.08. The van der Waals surface area contributed by atoms with Crippen LogP contribution < -0.4 is 15.8 Å². The van der Waals surface area contributed by atoms with Crippen molar-refractivity contribution < 1.29 is 14.3 Å². The molecule has 5 nitrogen and oxygen atoms in total. The Morgan fingerprint density at radius 3 is 2.50 bits per heavy atom. The number of carbonyl (C=O) groups excluding carboxylic acids is 2. The first-order chi connectivity index (χ1) is 11.6. The van der Waals surface area contributed by atoms with Gasteiger partial charge in [-0.3, -0.25) is 9.59 Å². The number of benzene rings is 3. The van der Waals surface area contributed by atoms with E-state index in [0.717, 1.165) is 10.8 Å². The average molecular weight is 320 g/mol. The van der Waals surface area contributed by atoms with Gasteiger partial charge in [0.15, 0.2) is 6.61 Å². The van der Waals surface area contributed by atoms with Crippen LogP contribution in [0, 0.1) is 0 Å². The predicted molar refractivity (Wildman–Crippen MR) is 93.0 cm³/mol. The van der Waals surface area contributed by atoms with Gasteiger partial charge in [-0.1, -0.05) is 36.4 Å². The lowest BCUT2D eigenvalue weighted by atomic mass is 10.1. The molecule has 3 aromatic rings. The second kappa shape index (κ2) is 6.83. The summed E-state index contributed by atoms with van der Waals surface area (Å²) in [7, 11) is 0. The zero-order chi connectivity index (χ0) is 16.9. The fourth-order valence-corrected chi connectivity index (χ4v) is 2.35. The van der Waals surface area contributed by atoms with E-state index in [0.29, 0.717) is 17.0 Å². The molecule has 0 saturated carbocycles. The third-order valence-corrected chi connectivity index (χ3v) is 3.48. The summed E-state index contributed by atoms with van der Waals surface area (Å²) in [6.45, 7) is -0.206. The molecule has 0 fully saturated rings. The van der Waals surface area contributed by atoms with Crippen molar-refractivity contribution in [3.05, 3.63) is 72.3 Å². The Balaban J connectivity index is 1.75. The number of fused-ring (bicyclic) bond motifs is 1. The van der Waals surface area contributed by atoms with Gasteiger partial charge in [-0.25, -0.2) is 0 Å². The summed E-state index contributed by atoms with van der Waals surface area (Å²) in [5.41, 5.74) is 6.19. The van der Waals surface area contributed by atoms with Crippen LogP contribution in [-0.4, -0.2) is 18.4 Å². The number of nitrogens with one attached hydrogen (secondary N) is 1. The van der Waals surface area contributed by atoms with Gasteiger partial charge >= 0.3 is 0 Å². The number of rotatable bonds is 5. The minimum Gasteiger partial charge on any atom is -0.484 e. The average Bonchev–Trinajstić information content (AvgIpc) is 2.60. The maximum absolute atomic E-state index is 12.4. The zero-order valence-electron chi connectivity index (χ0n) is 12.9. The Bertz CT molecular complexity index is 906. The molecular weight excluding hydrogens is 304 g/mol. The van der Waals surface area contributed by atoms with E-state index in [-0.39, 0.29) is 12.5 Å². The Hall–Kier alpha value is -3.34. The van der Waals surface area contributed by atoms with Gasteiger partial charge in [0.25, 0.3) is 11.8 Å².